The maximum absolute atomic E-state index is 13.0. The molecule has 5 heteroatoms. The molecule has 0 amide bonds. The molecule has 1 N–H and O–H groups in total. The Morgan fingerprint density at radius 1 is 1.03 bits per heavy atom. The van der Waals surface area contributed by atoms with Gasteiger partial charge in [0, 0.05) is 12.7 Å². The standard InChI is InChI=1S/C27H32FN3O/c1-21-5-7-23(8-6-21)27(26-4-2-3-15-29-26)30-20-22-13-16-31(17-14-22)18-19-32-25-11-9-24(28)10-12-25/h2-12,15,22,27,30H,13-14,16-20H2,1H3/t27-/m1/s1. The first-order valence-corrected chi connectivity index (χ1v) is 11.5. The van der Waals surface area contributed by atoms with Crippen molar-refractivity contribution in [2.24, 2.45) is 5.92 Å². The molecule has 1 fully saturated rings. The number of hydrogen-bond acceptors (Lipinski definition) is 4. The van der Waals surface area contributed by atoms with Gasteiger partial charge in [0.25, 0.3) is 0 Å². The molecule has 0 aliphatic carbocycles. The molecule has 0 spiro atoms. The summed E-state index contributed by atoms with van der Waals surface area (Å²) in [7, 11) is 0. The Hall–Kier alpha value is -2.76. The van der Waals surface area contributed by atoms with Crippen molar-refractivity contribution >= 4 is 0 Å². The fourth-order valence-corrected chi connectivity index (χ4v) is 4.22. The smallest absolute Gasteiger partial charge is 0.123 e. The lowest BCUT2D eigenvalue weighted by molar-refractivity contribution is 0.153. The lowest BCUT2D eigenvalue weighted by Crippen LogP contribution is -2.40. The van der Waals surface area contributed by atoms with Crippen molar-refractivity contribution in [3.05, 3.63) is 95.6 Å². The molecule has 0 bridgehead atoms. The minimum absolute atomic E-state index is 0.110. The van der Waals surface area contributed by atoms with E-state index < -0.39 is 0 Å². The minimum Gasteiger partial charge on any atom is -0.492 e. The number of nitrogens with one attached hydrogen (secondary N) is 1. The predicted octanol–water partition coefficient (Wildman–Crippen LogP) is 5.00. The van der Waals surface area contributed by atoms with Crippen LogP contribution in [0.2, 0.25) is 0 Å². The highest BCUT2D eigenvalue weighted by Gasteiger charge is 2.21. The van der Waals surface area contributed by atoms with Gasteiger partial charge in [0.15, 0.2) is 0 Å². The first-order valence-electron chi connectivity index (χ1n) is 11.5. The summed E-state index contributed by atoms with van der Waals surface area (Å²) in [6.45, 7) is 6.79. The third kappa shape index (κ3) is 6.38. The Bertz CT molecular complexity index is 939. The van der Waals surface area contributed by atoms with Crippen molar-refractivity contribution in [2.45, 2.75) is 25.8 Å². The predicted molar refractivity (Wildman–Crippen MR) is 126 cm³/mol. The van der Waals surface area contributed by atoms with Gasteiger partial charge in [-0.3, -0.25) is 9.88 Å². The van der Waals surface area contributed by atoms with Gasteiger partial charge in [-0.05, 0) is 87.3 Å². The van der Waals surface area contributed by atoms with Crippen LogP contribution in [0, 0.1) is 18.7 Å². The summed E-state index contributed by atoms with van der Waals surface area (Å²) in [6.07, 6.45) is 4.21. The van der Waals surface area contributed by atoms with Crippen LogP contribution in [0.25, 0.3) is 0 Å². The second-order valence-electron chi connectivity index (χ2n) is 8.59. The number of nitrogens with zero attached hydrogens (tertiary/aromatic N) is 2. The van der Waals surface area contributed by atoms with E-state index in [2.05, 4.69) is 58.5 Å². The Balaban J connectivity index is 1.24. The number of aryl methyl sites for hydroxylation is 1. The average molecular weight is 434 g/mol. The van der Waals surface area contributed by atoms with Gasteiger partial charge >= 0.3 is 0 Å². The van der Waals surface area contributed by atoms with E-state index in [1.54, 1.807) is 12.1 Å². The summed E-state index contributed by atoms with van der Waals surface area (Å²) >= 11 is 0. The van der Waals surface area contributed by atoms with Crippen LogP contribution in [-0.2, 0) is 0 Å². The van der Waals surface area contributed by atoms with Crippen molar-refractivity contribution in [3.8, 4) is 5.75 Å². The molecule has 32 heavy (non-hydrogen) atoms. The van der Waals surface area contributed by atoms with Gasteiger partial charge < -0.3 is 10.1 Å². The van der Waals surface area contributed by atoms with Crippen LogP contribution in [0.4, 0.5) is 4.39 Å². The zero-order valence-corrected chi connectivity index (χ0v) is 18.7. The first-order chi connectivity index (χ1) is 15.7. The van der Waals surface area contributed by atoms with Gasteiger partial charge in [0.1, 0.15) is 18.2 Å². The molecule has 1 atom stereocenters. The van der Waals surface area contributed by atoms with Crippen molar-refractivity contribution in [1.82, 2.24) is 15.2 Å². The average Bonchev–Trinajstić information content (AvgIpc) is 2.83. The Kier molecular flexibility index (Phi) is 7.86. The SMILES string of the molecule is Cc1ccc([C@@H](NCC2CCN(CCOc3ccc(F)cc3)CC2)c2ccccn2)cc1. The van der Waals surface area contributed by atoms with Gasteiger partial charge in [0.2, 0.25) is 0 Å². The molecule has 168 valence electrons. The Morgan fingerprint density at radius 3 is 2.47 bits per heavy atom. The zero-order chi connectivity index (χ0) is 22.2. The lowest BCUT2D eigenvalue weighted by Gasteiger charge is -2.33. The van der Waals surface area contributed by atoms with Crippen LogP contribution >= 0.6 is 0 Å². The molecular formula is C27H32FN3O. The molecule has 4 rings (SSSR count). The number of ether oxygens (including phenoxy) is 1. The molecule has 2 aromatic carbocycles. The maximum Gasteiger partial charge on any atom is 0.123 e. The summed E-state index contributed by atoms with van der Waals surface area (Å²) < 4.78 is 18.7. The van der Waals surface area contributed by atoms with Crippen LogP contribution in [-0.4, -0.2) is 42.7 Å². The van der Waals surface area contributed by atoms with Gasteiger partial charge in [0.05, 0.1) is 11.7 Å². The van der Waals surface area contributed by atoms with Crippen LogP contribution in [0.15, 0.2) is 72.9 Å². The van der Waals surface area contributed by atoms with Gasteiger partial charge in [-0.2, -0.15) is 0 Å². The van der Waals surface area contributed by atoms with E-state index in [4.69, 9.17) is 4.74 Å². The summed E-state index contributed by atoms with van der Waals surface area (Å²) in [5.41, 5.74) is 3.58. The number of pyridine rings is 1. The summed E-state index contributed by atoms with van der Waals surface area (Å²) in [5.74, 6) is 1.14. The Morgan fingerprint density at radius 2 is 1.78 bits per heavy atom. The molecule has 3 aromatic rings. The van der Waals surface area contributed by atoms with Crippen LogP contribution in [0.3, 0.4) is 0 Å². The normalized spacial score (nSPS) is 16.1. The fourth-order valence-electron chi connectivity index (χ4n) is 4.22. The van der Waals surface area contributed by atoms with E-state index in [9.17, 15) is 4.39 Å². The topological polar surface area (TPSA) is 37.4 Å². The van der Waals surface area contributed by atoms with E-state index in [0.29, 0.717) is 12.5 Å². The number of halogens is 1. The molecular weight excluding hydrogens is 401 g/mol. The van der Waals surface area contributed by atoms with Crippen molar-refractivity contribution in [1.29, 1.82) is 0 Å². The van der Waals surface area contributed by atoms with E-state index in [1.165, 1.54) is 36.1 Å². The van der Waals surface area contributed by atoms with E-state index in [-0.39, 0.29) is 11.9 Å². The second kappa shape index (κ2) is 11.2. The number of rotatable bonds is 9. The molecule has 2 heterocycles. The first kappa shape index (κ1) is 22.4. The molecule has 1 aromatic heterocycles. The minimum atomic E-state index is -0.235. The Labute approximate surface area is 190 Å². The molecule has 0 unspecified atom stereocenters. The summed E-state index contributed by atoms with van der Waals surface area (Å²) in [4.78, 5) is 7.07. The van der Waals surface area contributed by atoms with E-state index >= 15 is 0 Å². The number of piperidine rings is 1. The number of hydrogen-bond donors (Lipinski definition) is 1. The maximum atomic E-state index is 13.0. The largest absolute Gasteiger partial charge is 0.492 e. The van der Waals surface area contributed by atoms with Crippen molar-refractivity contribution in [2.75, 3.05) is 32.8 Å². The van der Waals surface area contributed by atoms with Gasteiger partial charge in [-0.15, -0.1) is 0 Å². The molecule has 4 nitrogen and oxygen atoms in total. The molecule has 1 saturated heterocycles. The molecule has 1 aliphatic rings. The highest BCUT2D eigenvalue weighted by Crippen LogP contribution is 2.23. The second-order valence-corrected chi connectivity index (χ2v) is 8.59. The lowest BCUT2D eigenvalue weighted by atomic mass is 9.95. The van der Waals surface area contributed by atoms with Crippen LogP contribution < -0.4 is 10.1 Å². The quantitative estimate of drug-likeness (QED) is 0.515. The third-order valence-corrected chi connectivity index (χ3v) is 6.20. The van der Waals surface area contributed by atoms with Crippen molar-refractivity contribution in [3.63, 3.8) is 0 Å². The van der Waals surface area contributed by atoms with E-state index in [1.807, 2.05) is 12.3 Å². The summed E-state index contributed by atoms with van der Waals surface area (Å²) in [5, 5.41) is 3.79. The molecule has 1 aliphatic heterocycles. The van der Waals surface area contributed by atoms with Crippen molar-refractivity contribution < 1.29 is 9.13 Å². The molecule has 0 saturated carbocycles. The number of aromatic nitrogens is 1. The third-order valence-electron chi connectivity index (χ3n) is 6.20. The van der Waals surface area contributed by atoms with Gasteiger partial charge in [-0.25, -0.2) is 4.39 Å². The van der Waals surface area contributed by atoms with Gasteiger partial charge in [-0.1, -0.05) is 35.9 Å². The van der Waals surface area contributed by atoms with E-state index in [0.717, 1.165) is 37.6 Å². The molecule has 0 radical (unpaired) electrons. The zero-order valence-electron chi connectivity index (χ0n) is 18.7. The number of benzene rings is 2. The van der Waals surface area contributed by atoms with Crippen LogP contribution in [0.1, 0.15) is 35.7 Å². The van der Waals surface area contributed by atoms with Crippen LogP contribution in [0.5, 0.6) is 5.75 Å². The fraction of sp³-hybridized carbons (Fsp3) is 0.370. The summed E-state index contributed by atoms with van der Waals surface area (Å²) in [6, 6.07) is 21.2. The highest BCUT2D eigenvalue weighted by atomic mass is 19.1. The highest BCUT2D eigenvalue weighted by molar-refractivity contribution is 5.30. The number of likely N-dealkylation sites (tertiary alicyclic amines) is 1. The monoisotopic (exact) mass is 433 g/mol.